The predicted molar refractivity (Wildman–Crippen MR) is 137 cm³/mol. The number of sulfonamides is 1. The summed E-state index contributed by atoms with van der Waals surface area (Å²) in [4.78, 5) is 29.7. The number of carbonyl (C=O) groups is 1. The average molecular weight is 529 g/mol. The molecular formula is C25H29FN6O4S. The van der Waals surface area contributed by atoms with E-state index >= 15 is 4.39 Å². The fraction of sp³-hybridized carbons (Fsp3) is 0.400. The quantitative estimate of drug-likeness (QED) is 0.399. The lowest BCUT2D eigenvalue weighted by Crippen LogP contribution is -2.37. The van der Waals surface area contributed by atoms with Crippen molar-refractivity contribution < 1.29 is 22.3 Å². The molecule has 37 heavy (non-hydrogen) atoms. The minimum absolute atomic E-state index is 0.135. The maximum Gasteiger partial charge on any atom is 0.269 e. The Kier molecular flexibility index (Phi) is 7.96. The Morgan fingerprint density at radius 1 is 1.14 bits per heavy atom. The molecular weight excluding hydrogens is 499 g/mol. The number of amides is 1. The maximum atomic E-state index is 16.0. The lowest BCUT2D eigenvalue weighted by molar-refractivity contribution is -0.128. The molecule has 1 saturated carbocycles. The third-order valence-electron chi connectivity index (χ3n) is 6.22. The number of nitrogens with zero attached hydrogens (tertiary/aromatic N) is 4. The SMILES string of the molecule is CCOc1cncc(-c2ccc(NC(=O)C(F)(CC)c3cc(NS(=O)(=O)C4CCCC4)ccn3)nc2)n1. The van der Waals surface area contributed by atoms with Gasteiger partial charge in [-0.15, -0.1) is 0 Å². The molecule has 0 radical (unpaired) electrons. The zero-order chi connectivity index (χ0) is 26.5. The van der Waals surface area contributed by atoms with E-state index in [1.54, 1.807) is 12.3 Å². The zero-order valence-electron chi connectivity index (χ0n) is 20.6. The van der Waals surface area contributed by atoms with Gasteiger partial charge in [-0.05, 0) is 50.5 Å². The molecule has 4 rings (SSSR count). The largest absolute Gasteiger partial charge is 0.477 e. The number of anilines is 2. The first-order valence-electron chi connectivity index (χ1n) is 12.1. The zero-order valence-corrected chi connectivity index (χ0v) is 21.5. The molecule has 12 heteroatoms. The molecule has 0 spiro atoms. The van der Waals surface area contributed by atoms with Crippen LogP contribution in [0.4, 0.5) is 15.9 Å². The summed E-state index contributed by atoms with van der Waals surface area (Å²) >= 11 is 0. The van der Waals surface area contributed by atoms with Crippen molar-refractivity contribution in [2.45, 2.75) is 56.9 Å². The third-order valence-corrected chi connectivity index (χ3v) is 8.09. The predicted octanol–water partition coefficient (Wildman–Crippen LogP) is 4.23. The smallest absolute Gasteiger partial charge is 0.269 e. The van der Waals surface area contributed by atoms with Crippen LogP contribution in [0, 0.1) is 0 Å². The molecule has 1 amide bonds. The van der Waals surface area contributed by atoms with Crippen molar-refractivity contribution in [3.05, 3.63) is 54.7 Å². The molecule has 0 aromatic carbocycles. The summed E-state index contributed by atoms with van der Waals surface area (Å²) in [6.45, 7) is 3.81. The number of alkyl halides is 1. The van der Waals surface area contributed by atoms with Gasteiger partial charge in [0, 0.05) is 18.0 Å². The molecule has 1 fully saturated rings. The Morgan fingerprint density at radius 3 is 2.59 bits per heavy atom. The molecule has 3 heterocycles. The third kappa shape index (κ3) is 6.01. The van der Waals surface area contributed by atoms with Crippen LogP contribution >= 0.6 is 0 Å². The van der Waals surface area contributed by atoms with E-state index in [2.05, 4.69) is 30.0 Å². The van der Waals surface area contributed by atoms with E-state index < -0.39 is 26.8 Å². The topological polar surface area (TPSA) is 136 Å². The molecule has 3 aromatic rings. The molecule has 1 unspecified atom stereocenters. The molecule has 10 nitrogen and oxygen atoms in total. The van der Waals surface area contributed by atoms with Gasteiger partial charge in [-0.1, -0.05) is 19.8 Å². The molecule has 1 aliphatic carbocycles. The Morgan fingerprint density at radius 2 is 1.92 bits per heavy atom. The van der Waals surface area contributed by atoms with Crippen molar-refractivity contribution in [2.75, 3.05) is 16.6 Å². The van der Waals surface area contributed by atoms with E-state index in [4.69, 9.17) is 4.74 Å². The number of hydrogen-bond acceptors (Lipinski definition) is 8. The highest BCUT2D eigenvalue weighted by atomic mass is 32.2. The Labute approximate surface area is 215 Å². The van der Waals surface area contributed by atoms with Gasteiger partial charge in [0.25, 0.3) is 5.91 Å². The van der Waals surface area contributed by atoms with Crippen LogP contribution in [0.5, 0.6) is 5.88 Å². The molecule has 3 aromatic heterocycles. The molecule has 0 saturated heterocycles. The lowest BCUT2D eigenvalue weighted by atomic mass is 9.96. The van der Waals surface area contributed by atoms with Crippen molar-refractivity contribution in [3.63, 3.8) is 0 Å². The van der Waals surface area contributed by atoms with Gasteiger partial charge in [0.2, 0.25) is 21.6 Å². The van der Waals surface area contributed by atoms with Crippen molar-refractivity contribution in [1.29, 1.82) is 0 Å². The first kappa shape index (κ1) is 26.4. The number of ether oxygens (including phenoxy) is 1. The fourth-order valence-electron chi connectivity index (χ4n) is 4.15. The van der Waals surface area contributed by atoms with E-state index in [-0.39, 0.29) is 23.6 Å². The van der Waals surface area contributed by atoms with Gasteiger partial charge in [0.15, 0.2) is 0 Å². The second kappa shape index (κ2) is 11.2. The molecule has 196 valence electrons. The summed E-state index contributed by atoms with van der Waals surface area (Å²) in [6, 6.07) is 5.90. The Hall–Kier alpha value is -3.67. The summed E-state index contributed by atoms with van der Waals surface area (Å²) in [5.74, 6) is -0.448. The van der Waals surface area contributed by atoms with Gasteiger partial charge in [-0.25, -0.2) is 22.8 Å². The highest BCUT2D eigenvalue weighted by molar-refractivity contribution is 7.93. The number of halogens is 1. The van der Waals surface area contributed by atoms with E-state index in [0.717, 1.165) is 12.8 Å². The van der Waals surface area contributed by atoms with Gasteiger partial charge in [0.05, 0.1) is 41.3 Å². The highest BCUT2D eigenvalue weighted by Crippen LogP contribution is 2.32. The molecule has 0 aliphatic heterocycles. The van der Waals surface area contributed by atoms with Crippen LogP contribution in [0.3, 0.4) is 0 Å². The van der Waals surface area contributed by atoms with Crippen LogP contribution in [-0.4, -0.2) is 46.1 Å². The molecule has 2 N–H and O–H groups in total. The summed E-state index contributed by atoms with van der Waals surface area (Å²) in [7, 11) is -3.61. The lowest BCUT2D eigenvalue weighted by Gasteiger charge is -2.23. The minimum Gasteiger partial charge on any atom is -0.477 e. The summed E-state index contributed by atoms with van der Waals surface area (Å²) in [5.41, 5.74) is -1.37. The standard InChI is InChI=1S/C25H29FN6O4S/c1-3-25(26,21-13-18(11-12-28-21)32-37(34,35)19-7-5-6-8-19)24(33)31-22-10-9-17(14-29-22)20-15-27-16-23(30-20)36-4-2/h9-16,19H,3-8H2,1-2H3,(H,28,32)(H,29,31,33). The monoisotopic (exact) mass is 528 g/mol. The van der Waals surface area contributed by atoms with E-state index in [1.807, 2.05) is 6.92 Å². The first-order valence-corrected chi connectivity index (χ1v) is 13.7. The van der Waals surface area contributed by atoms with E-state index in [1.165, 1.54) is 43.7 Å². The van der Waals surface area contributed by atoms with Gasteiger partial charge in [-0.3, -0.25) is 19.5 Å². The van der Waals surface area contributed by atoms with Crippen molar-refractivity contribution in [3.8, 4) is 17.1 Å². The van der Waals surface area contributed by atoms with Crippen LogP contribution < -0.4 is 14.8 Å². The maximum absolute atomic E-state index is 16.0. The van der Waals surface area contributed by atoms with E-state index in [9.17, 15) is 13.2 Å². The second-order valence-corrected chi connectivity index (χ2v) is 10.7. The van der Waals surface area contributed by atoms with Crippen LogP contribution in [0.15, 0.2) is 49.1 Å². The van der Waals surface area contributed by atoms with Crippen molar-refractivity contribution >= 4 is 27.4 Å². The summed E-state index contributed by atoms with van der Waals surface area (Å²) in [5, 5.41) is 2.01. The normalized spacial score (nSPS) is 15.6. The number of aromatic nitrogens is 4. The number of rotatable bonds is 10. The van der Waals surface area contributed by atoms with Gasteiger partial charge >= 0.3 is 0 Å². The number of nitrogens with one attached hydrogen (secondary N) is 2. The van der Waals surface area contributed by atoms with Crippen molar-refractivity contribution in [1.82, 2.24) is 19.9 Å². The first-order chi connectivity index (χ1) is 17.7. The van der Waals surface area contributed by atoms with E-state index in [0.29, 0.717) is 36.6 Å². The number of carbonyl (C=O) groups excluding carboxylic acids is 1. The Bertz CT molecular complexity index is 1350. The van der Waals surface area contributed by atoms with Gasteiger partial charge in [-0.2, -0.15) is 0 Å². The fourth-order valence-corrected chi connectivity index (χ4v) is 5.73. The van der Waals surface area contributed by atoms with Crippen molar-refractivity contribution in [2.24, 2.45) is 0 Å². The number of hydrogen-bond donors (Lipinski definition) is 2. The van der Waals surface area contributed by atoms with Crippen LogP contribution in [0.2, 0.25) is 0 Å². The van der Waals surface area contributed by atoms with Gasteiger partial charge in [0.1, 0.15) is 5.82 Å². The van der Waals surface area contributed by atoms with Crippen LogP contribution in [0.1, 0.15) is 51.6 Å². The van der Waals surface area contributed by atoms with Crippen LogP contribution in [-0.2, 0) is 20.5 Å². The van der Waals surface area contributed by atoms with Crippen LogP contribution in [0.25, 0.3) is 11.3 Å². The molecule has 0 bridgehead atoms. The van der Waals surface area contributed by atoms with Gasteiger partial charge < -0.3 is 10.1 Å². The Balaban J connectivity index is 1.49. The minimum atomic E-state index is -3.61. The summed E-state index contributed by atoms with van der Waals surface area (Å²) in [6.07, 6.45) is 8.51. The number of pyridine rings is 2. The summed E-state index contributed by atoms with van der Waals surface area (Å²) < 4.78 is 49.2. The molecule has 1 aliphatic rings. The second-order valence-electron chi connectivity index (χ2n) is 8.70. The molecule has 1 atom stereocenters. The highest BCUT2D eigenvalue weighted by Gasteiger charge is 2.41. The average Bonchev–Trinajstić information content (AvgIpc) is 3.45.